The van der Waals surface area contributed by atoms with E-state index in [-0.39, 0.29) is 22.3 Å². The van der Waals surface area contributed by atoms with Crippen LogP contribution >= 0.6 is 0 Å². The number of benzene rings is 2. The summed E-state index contributed by atoms with van der Waals surface area (Å²) in [5.74, 6) is 0.769. The zero-order valence-corrected chi connectivity index (χ0v) is 14.0. The standard InChI is InChI=1S/C17H20O4S/c1-12(2)15-11-17(16(20-4)10-13(15)3)22(18,19)21-14-8-6-5-7-9-14/h5-12H,1-4H3. The number of para-hydroxylation sites is 1. The second-order valence-electron chi connectivity index (χ2n) is 5.36. The van der Waals surface area contributed by atoms with Crippen LogP contribution in [0, 0.1) is 6.92 Å². The molecule has 118 valence electrons. The van der Waals surface area contributed by atoms with E-state index in [1.807, 2.05) is 20.8 Å². The van der Waals surface area contributed by atoms with Gasteiger partial charge < -0.3 is 8.92 Å². The van der Waals surface area contributed by atoms with E-state index in [1.165, 1.54) is 7.11 Å². The van der Waals surface area contributed by atoms with Gasteiger partial charge in [-0.25, -0.2) is 0 Å². The van der Waals surface area contributed by atoms with Crippen molar-refractivity contribution in [2.24, 2.45) is 0 Å². The van der Waals surface area contributed by atoms with E-state index in [4.69, 9.17) is 8.92 Å². The van der Waals surface area contributed by atoms with Gasteiger partial charge in [0, 0.05) is 0 Å². The van der Waals surface area contributed by atoms with Crippen molar-refractivity contribution >= 4 is 10.1 Å². The summed E-state index contributed by atoms with van der Waals surface area (Å²) in [4.78, 5) is 0.0492. The van der Waals surface area contributed by atoms with Gasteiger partial charge in [-0.3, -0.25) is 0 Å². The molecule has 0 amide bonds. The Kier molecular flexibility index (Phi) is 4.76. The Balaban J connectivity index is 2.52. The molecule has 2 aromatic rings. The van der Waals surface area contributed by atoms with Crippen molar-refractivity contribution in [3.05, 3.63) is 53.6 Å². The molecule has 0 unspecified atom stereocenters. The molecule has 0 saturated carbocycles. The quantitative estimate of drug-likeness (QED) is 0.784. The van der Waals surface area contributed by atoms with E-state index < -0.39 is 10.1 Å². The van der Waals surface area contributed by atoms with Crippen molar-refractivity contribution in [2.75, 3.05) is 7.11 Å². The van der Waals surface area contributed by atoms with Gasteiger partial charge in [0.15, 0.2) is 0 Å². The lowest BCUT2D eigenvalue weighted by Gasteiger charge is -2.16. The highest BCUT2D eigenvalue weighted by Crippen LogP contribution is 2.32. The topological polar surface area (TPSA) is 52.6 Å². The minimum Gasteiger partial charge on any atom is -0.495 e. The maximum atomic E-state index is 12.6. The smallest absolute Gasteiger partial charge is 0.342 e. The molecule has 0 N–H and O–H groups in total. The van der Waals surface area contributed by atoms with Gasteiger partial charge in [0.25, 0.3) is 0 Å². The lowest BCUT2D eigenvalue weighted by Crippen LogP contribution is -2.12. The van der Waals surface area contributed by atoms with Crippen molar-refractivity contribution in [3.63, 3.8) is 0 Å². The van der Waals surface area contributed by atoms with Crippen LogP contribution in [-0.4, -0.2) is 15.5 Å². The lowest BCUT2D eigenvalue weighted by atomic mass is 9.98. The summed E-state index contributed by atoms with van der Waals surface area (Å²) in [6.07, 6.45) is 0. The monoisotopic (exact) mass is 320 g/mol. The van der Waals surface area contributed by atoms with Gasteiger partial charge in [0.1, 0.15) is 16.4 Å². The Morgan fingerprint density at radius 2 is 1.68 bits per heavy atom. The second kappa shape index (κ2) is 6.40. The minimum atomic E-state index is -3.95. The number of methoxy groups -OCH3 is 1. The van der Waals surface area contributed by atoms with E-state index >= 15 is 0 Å². The molecule has 0 aliphatic carbocycles. The molecule has 0 fully saturated rings. The van der Waals surface area contributed by atoms with Crippen LogP contribution in [0.4, 0.5) is 0 Å². The summed E-state index contributed by atoms with van der Waals surface area (Å²) < 4.78 is 35.6. The summed E-state index contributed by atoms with van der Waals surface area (Å²) in [7, 11) is -2.50. The molecule has 4 nitrogen and oxygen atoms in total. The Hall–Kier alpha value is -2.01. The Morgan fingerprint density at radius 3 is 2.23 bits per heavy atom. The average molecular weight is 320 g/mol. The molecular weight excluding hydrogens is 300 g/mol. The molecule has 2 rings (SSSR count). The molecule has 0 atom stereocenters. The van der Waals surface area contributed by atoms with Crippen LogP contribution in [0.25, 0.3) is 0 Å². The predicted molar refractivity (Wildman–Crippen MR) is 86.1 cm³/mol. The van der Waals surface area contributed by atoms with E-state index in [1.54, 1.807) is 42.5 Å². The number of rotatable bonds is 5. The largest absolute Gasteiger partial charge is 0.495 e. The lowest BCUT2D eigenvalue weighted by molar-refractivity contribution is 0.397. The minimum absolute atomic E-state index is 0.0492. The van der Waals surface area contributed by atoms with Crippen molar-refractivity contribution in [3.8, 4) is 11.5 Å². The van der Waals surface area contributed by atoms with Crippen LogP contribution in [-0.2, 0) is 10.1 Å². The molecule has 0 aliphatic rings. The van der Waals surface area contributed by atoms with E-state index in [9.17, 15) is 8.42 Å². The zero-order valence-electron chi connectivity index (χ0n) is 13.2. The average Bonchev–Trinajstić information content (AvgIpc) is 2.46. The molecule has 5 heteroatoms. The van der Waals surface area contributed by atoms with Crippen LogP contribution in [0.5, 0.6) is 11.5 Å². The SMILES string of the molecule is COc1cc(C)c(C(C)C)cc1S(=O)(=O)Oc1ccccc1. The molecule has 0 spiro atoms. The van der Waals surface area contributed by atoms with E-state index in [0.717, 1.165) is 11.1 Å². The van der Waals surface area contributed by atoms with Crippen molar-refractivity contribution in [1.29, 1.82) is 0 Å². The summed E-state index contributed by atoms with van der Waals surface area (Å²) in [5.41, 5.74) is 1.95. The number of ether oxygens (including phenoxy) is 1. The highest BCUT2D eigenvalue weighted by Gasteiger charge is 2.24. The zero-order chi connectivity index (χ0) is 16.3. The first kappa shape index (κ1) is 16.4. The Bertz CT molecular complexity index is 750. The molecule has 0 bridgehead atoms. The van der Waals surface area contributed by atoms with Gasteiger partial charge in [-0.2, -0.15) is 8.42 Å². The third-order valence-electron chi connectivity index (χ3n) is 3.39. The molecule has 2 aromatic carbocycles. The van der Waals surface area contributed by atoms with Crippen LogP contribution in [0.2, 0.25) is 0 Å². The van der Waals surface area contributed by atoms with Crippen molar-refractivity contribution in [1.82, 2.24) is 0 Å². The molecular formula is C17H20O4S. The van der Waals surface area contributed by atoms with Gasteiger partial charge in [-0.15, -0.1) is 0 Å². The fraction of sp³-hybridized carbons (Fsp3) is 0.294. The molecule has 0 heterocycles. The van der Waals surface area contributed by atoms with E-state index in [0.29, 0.717) is 0 Å². The number of hydrogen-bond acceptors (Lipinski definition) is 4. The van der Waals surface area contributed by atoms with Crippen molar-refractivity contribution in [2.45, 2.75) is 31.6 Å². The van der Waals surface area contributed by atoms with Crippen LogP contribution in [0.1, 0.15) is 30.9 Å². The predicted octanol–water partition coefficient (Wildman–Crippen LogP) is 3.89. The molecule has 0 aromatic heterocycles. The number of hydrogen-bond donors (Lipinski definition) is 0. The molecule has 22 heavy (non-hydrogen) atoms. The summed E-state index contributed by atoms with van der Waals surface area (Å²) in [6.45, 7) is 5.97. The molecule has 0 saturated heterocycles. The highest BCUT2D eigenvalue weighted by molar-refractivity contribution is 7.87. The van der Waals surface area contributed by atoms with Crippen molar-refractivity contribution < 1.29 is 17.3 Å². The third kappa shape index (κ3) is 3.42. The van der Waals surface area contributed by atoms with Crippen LogP contribution < -0.4 is 8.92 Å². The van der Waals surface area contributed by atoms with Gasteiger partial charge in [0.2, 0.25) is 0 Å². The Morgan fingerprint density at radius 1 is 1.05 bits per heavy atom. The van der Waals surface area contributed by atoms with Gasteiger partial charge >= 0.3 is 10.1 Å². The maximum Gasteiger partial charge on any atom is 0.342 e. The maximum absolute atomic E-state index is 12.6. The summed E-state index contributed by atoms with van der Waals surface area (Å²) in [6, 6.07) is 11.8. The van der Waals surface area contributed by atoms with Gasteiger partial charge in [-0.05, 0) is 48.2 Å². The van der Waals surface area contributed by atoms with Crippen LogP contribution in [0.15, 0.2) is 47.4 Å². The highest BCUT2D eigenvalue weighted by atomic mass is 32.2. The number of aryl methyl sites for hydroxylation is 1. The fourth-order valence-electron chi connectivity index (χ4n) is 2.30. The molecule has 0 radical (unpaired) electrons. The third-order valence-corrected chi connectivity index (χ3v) is 4.66. The van der Waals surface area contributed by atoms with Gasteiger partial charge in [0.05, 0.1) is 7.11 Å². The van der Waals surface area contributed by atoms with Gasteiger partial charge in [-0.1, -0.05) is 32.0 Å². The fourth-order valence-corrected chi connectivity index (χ4v) is 3.42. The first-order valence-electron chi connectivity index (χ1n) is 7.03. The first-order valence-corrected chi connectivity index (χ1v) is 8.44. The molecule has 0 aliphatic heterocycles. The summed E-state index contributed by atoms with van der Waals surface area (Å²) in [5, 5.41) is 0. The normalized spacial score (nSPS) is 11.5. The Labute approximate surface area is 131 Å². The van der Waals surface area contributed by atoms with E-state index in [2.05, 4.69) is 0 Å². The summed E-state index contributed by atoms with van der Waals surface area (Å²) >= 11 is 0. The first-order chi connectivity index (χ1) is 10.3. The second-order valence-corrected chi connectivity index (χ2v) is 6.88. The van der Waals surface area contributed by atoms with Crippen LogP contribution in [0.3, 0.4) is 0 Å².